The molecular formula is C10H10N2OS. The number of hydrogen-bond acceptors (Lipinski definition) is 3. The monoisotopic (exact) mass is 206 g/mol. The minimum Gasteiger partial charge on any atom is -0.273 e. The van der Waals surface area contributed by atoms with Crippen LogP contribution >= 0.6 is 11.8 Å². The molecule has 4 heteroatoms. The topological polar surface area (TPSA) is 52.9 Å². The number of carbonyl (C=O) groups is 1. The molecule has 0 unspecified atom stereocenters. The van der Waals surface area contributed by atoms with Gasteiger partial charge in [0.1, 0.15) is 0 Å². The maximum Gasteiger partial charge on any atom is 0.243 e. The van der Waals surface area contributed by atoms with E-state index in [1.807, 2.05) is 31.2 Å². The Morgan fingerprint density at radius 2 is 2.14 bits per heavy atom. The van der Waals surface area contributed by atoms with Crippen molar-refractivity contribution in [1.29, 1.82) is 5.26 Å². The molecule has 0 aliphatic carbocycles. The quantitative estimate of drug-likeness (QED) is 0.465. The molecule has 0 aliphatic heterocycles. The summed E-state index contributed by atoms with van der Waals surface area (Å²) in [5.74, 6) is 0.00875. The van der Waals surface area contributed by atoms with Gasteiger partial charge in [0.25, 0.3) is 0 Å². The van der Waals surface area contributed by atoms with Crippen LogP contribution in [0.15, 0.2) is 29.2 Å². The first kappa shape index (κ1) is 10.6. The smallest absolute Gasteiger partial charge is 0.243 e. The molecule has 1 aromatic carbocycles. The Labute approximate surface area is 87.1 Å². The second-order valence-corrected chi connectivity index (χ2v) is 3.81. The van der Waals surface area contributed by atoms with Crippen LogP contribution < -0.4 is 5.32 Å². The SMILES string of the molecule is Cc1ccc(SCC(=O)NC#N)cc1. The number of nitrogens with one attached hydrogen (secondary N) is 1. The Hall–Kier alpha value is -1.47. The van der Waals surface area contributed by atoms with Crippen molar-refractivity contribution in [2.45, 2.75) is 11.8 Å². The summed E-state index contributed by atoms with van der Waals surface area (Å²) < 4.78 is 0. The van der Waals surface area contributed by atoms with E-state index in [0.717, 1.165) is 4.90 Å². The van der Waals surface area contributed by atoms with Crippen molar-refractivity contribution in [3.8, 4) is 6.19 Å². The van der Waals surface area contributed by atoms with Gasteiger partial charge in [-0.1, -0.05) is 17.7 Å². The van der Waals surface area contributed by atoms with Crippen LogP contribution in [-0.4, -0.2) is 11.7 Å². The third kappa shape index (κ3) is 3.50. The fraction of sp³-hybridized carbons (Fsp3) is 0.200. The van der Waals surface area contributed by atoms with Gasteiger partial charge < -0.3 is 0 Å². The van der Waals surface area contributed by atoms with Gasteiger partial charge in [0, 0.05) is 4.90 Å². The Morgan fingerprint density at radius 1 is 1.50 bits per heavy atom. The van der Waals surface area contributed by atoms with Crippen molar-refractivity contribution in [1.82, 2.24) is 5.32 Å². The number of amides is 1. The van der Waals surface area contributed by atoms with Gasteiger partial charge in [-0.25, -0.2) is 0 Å². The molecule has 1 N–H and O–H groups in total. The van der Waals surface area contributed by atoms with Crippen LogP contribution in [0.25, 0.3) is 0 Å². The number of benzene rings is 1. The van der Waals surface area contributed by atoms with Crippen LogP contribution in [0.3, 0.4) is 0 Å². The van der Waals surface area contributed by atoms with Crippen LogP contribution in [0.4, 0.5) is 0 Å². The summed E-state index contributed by atoms with van der Waals surface area (Å²) in [6.45, 7) is 2.01. The van der Waals surface area contributed by atoms with Crippen molar-refractivity contribution in [3.05, 3.63) is 29.8 Å². The maximum atomic E-state index is 10.9. The molecule has 0 radical (unpaired) electrons. The average molecular weight is 206 g/mol. The van der Waals surface area contributed by atoms with Gasteiger partial charge in [0.2, 0.25) is 5.91 Å². The zero-order chi connectivity index (χ0) is 10.4. The van der Waals surface area contributed by atoms with E-state index in [4.69, 9.17) is 5.26 Å². The normalized spacial score (nSPS) is 9.14. The molecule has 14 heavy (non-hydrogen) atoms. The van der Waals surface area contributed by atoms with Crippen LogP contribution in [0.5, 0.6) is 0 Å². The second-order valence-electron chi connectivity index (χ2n) is 2.76. The van der Waals surface area contributed by atoms with Crippen molar-refractivity contribution in [3.63, 3.8) is 0 Å². The lowest BCUT2D eigenvalue weighted by molar-refractivity contribution is -0.117. The standard InChI is InChI=1S/C10H10N2OS/c1-8-2-4-9(5-3-8)14-6-10(13)12-7-11/h2-5H,6H2,1H3,(H,12,13). The predicted molar refractivity (Wildman–Crippen MR) is 55.7 cm³/mol. The molecule has 0 atom stereocenters. The van der Waals surface area contributed by atoms with Gasteiger partial charge in [-0.15, -0.1) is 11.8 Å². The fourth-order valence-electron chi connectivity index (χ4n) is 0.882. The summed E-state index contributed by atoms with van der Waals surface area (Å²) in [6.07, 6.45) is 1.60. The van der Waals surface area contributed by atoms with E-state index in [-0.39, 0.29) is 11.7 Å². The Kier molecular flexibility index (Phi) is 4.02. The lowest BCUT2D eigenvalue weighted by Crippen LogP contribution is -2.19. The highest BCUT2D eigenvalue weighted by molar-refractivity contribution is 8.00. The molecule has 0 aromatic heterocycles. The first-order valence-corrected chi connectivity index (χ1v) is 5.08. The van der Waals surface area contributed by atoms with Crippen LogP contribution in [0.2, 0.25) is 0 Å². The minimum absolute atomic E-state index is 0.266. The predicted octanol–water partition coefficient (Wildman–Crippen LogP) is 1.68. The first-order valence-electron chi connectivity index (χ1n) is 4.10. The molecule has 1 rings (SSSR count). The van der Waals surface area contributed by atoms with Gasteiger partial charge in [-0.05, 0) is 19.1 Å². The molecule has 0 saturated carbocycles. The second kappa shape index (κ2) is 5.30. The van der Waals surface area contributed by atoms with Gasteiger partial charge in [0.15, 0.2) is 6.19 Å². The molecule has 72 valence electrons. The summed E-state index contributed by atoms with van der Waals surface area (Å²) in [6, 6.07) is 7.90. The first-order chi connectivity index (χ1) is 6.72. The molecule has 0 aliphatic rings. The van der Waals surface area contributed by atoms with Crippen molar-refractivity contribution in [2.24, 2.45) is 0 Å². The van der Waals surface area contributed by atoms with Gasteiger partial charge in [-0.2, -0.15) is 5.26 Å². The van der Waals surface area contributed by atoms with Crippen LogP contribution in [0.1, 0.15) is 5.56 Å². The third-order valence-corrected chi connectivity index (χ3v) is 2.60. The molecule has 0 bridgehead atoms. The lowest BCUT2D eigenvalue weighted by Gasteiger charge is -1.99. The van der Waals surface area contributed by atoms with Gasteiger partial charge in [-0.3, -0.25) is 10.1 Å². The largest absolute Gasteiger partial charge is 0.273 e. The zero-order valence-corrected chi connectivity index (χ0v) is 8.60. The van der Waals surface area contributed by atoms with Gasteiger partial charge in [0.05, 0.1) is 5.75 Å². The highest BCUT2D eigenvalue weighted by atomic mass is 32.2. The van der Waals surface area contributed by atoms with Crippen molar-refractivity contribution < 1.29 is 4.79 Å². The highest BCUT2D eigenvalue weighted by Gasteiger charge is 2.00. The van der Waals surface area contributed by atoms with E-state index in [1.54, 1.807) is 6.19 Å². The molecule has 0 heterocycles. The number of carbonyl (C=O) groups excluding carboxylic acids is 1. The Bertz CT molecular complexity index is 353. The maximum absolute atomic E-state index is 10.9. The van der Waals surface area contributed by atoms with Crippen molar-refractivity contribution in [2.75, 3.05) is 5.75 Å². The Balaban J connectivity index is 2.43. The summed E-state index contributed by atoms with van der Waals surface area (Å²) in [5.41, 5.74) is 1.19. The summed E-state index contributed by atoms with van der Waals surface area (Å²) in [7, 11) is 0. The van der Waals surface area contributed by atoms with E-state index in [0.29, 0.717) is 0 Å². The highest BCUT2D eigenvalue weighted by Crippen LogP contribution is 2.17. The van der Waals surface area contributed by atoms with E-state index in [2.05, 4.69) is 5.32 Å². The zero-order valence-electron chi connectivity index (χ0n) is 7.78. The summed E-state index contributed by atoms with van der Waals surface area (Å²) in [5, 5.41) is 10.3. The third-order valence-electron chi connectivity index (χ3n) is 1.59. The number of nitrogens with zero attached hydrogens (tertiary/aromatic N) is 1. The molecular weight excluding hydrogens is 196 g/mol. The number of nitriles is 1. The van der Waals surface area contributed by atoms with Gasteiger partial charge >= 0.3 is 0 Å². The molecule has 1 aromatic rings. The van der Waals surface area contributed by atoms with Crippen LogP contribution in [-0.2, 0) is 4.79 Å². The summed E-state index contributed by atoms with van der Waals surface area (Å²) >= 11 is 1.41. The number of hydrogen-bond donors (Lipinski definition) is 1. The van der Waals surface area contributed by atoms with E-state index in [9.17, 15) is 4.79 Å². The lowest BCUT2D eigenvalue weighted by atomic mass is 10.2. The fourth-order valence-corrected chi connectivity index (χ4v) is 1.58. The summed E-state index contributed by atoms with van der Waals surface area (Å²) in [4.78, 5) is 12.0. The molecule has 0 spiro atoms. The number of rotatable bonds is 3. The number of aryl methyl sites for hydroxylation is 1. The van der Waals surface area contributed by atoms with E-state index in [1.165, 1.54) is 17.3 Å². The minimum atomic E-state index is -0.266. The average Bonchev–Trinajstić information content (AvgIpc) is 2.17. The number of thioether (sulfide) groups is 1. The van der Waals surface area contributed by atoms with Crippen molar-refractivity contribution >= 4 is 17.7 Å². The molecule has 0 fully saturated rings. The van der Waals surface area contributed by atoms with Crippen LogP contribution in [0, 0.1) is 18.4 Å². The molecule has 0 saturated heterocycles. The van der Waals surface area contributed by atoms with E-state index < -0.39 is 0 Å². The Morgan fingerprint density at radius 3 is 2.71 bits per heavy atom. The molecule has 1 amide bonds. The van der Waals surface area contributed by atoms with E-state index >= 15 is 0 Å². The molecule has 3 nitrogen and oxygen atoms in total.